The van der Waals surface area contributed by atoms with Gasteiger partial charge < -0.3 is 9.88 Å². The van der Waals surface area contributed by atoms with Crippen molar-refractivity contribution in [3.63, 3.8) is 0 Å². The first-order valence-corrected chi connectivity index (χ1v) is 8.09. The number of aromatic nitrogens is 3. The highest BCUT2D eigenvalue weighted by Gasteiger charge is 2.19. The third-order valence-corrected chi connectivity index (χ3v) is 4.16. The largest absolute Gasteiger partial charge is 0.338 e. The zero-order valence-electron chi connectivity index (χ0n) is 13.7. The van der Waals surface area contributed by atoms with Crippen LogP contribution in [0.4, 0.5) is 5.95 Å². The number of rotatable bonds is 4. The molecule has 23 heavy (non-hydrogen) atoms. The number of piperazine rings is 1. The first-order chi connectivity index (χ1) is 11.1. The molecular weight excluding hydrogens is 290 g/mol. The lowest BCUT2D eigenvalue weighted by molar-refractivity contribution is 0.248. The Kier molecular flexibility index (Phi) is 4.71. The summed E-state index contributed by atoms with van der Waals surface area (Å²) in [7, 11) is 0. The minimum absolute atomic E-state index is 0.0416. The molecule has 1 N–H and O–H groups in total. The summed E-state index contributed by atoms with van der Waals surface area (Å²) in [5.41, 5.74) is 2.10. The van der Waals surface area contributed by atoms with Crippen molar-refractivity contribution in [2.45, 2.75) is 26.3 Å². The van der Waals surface area contributed by atoms with Crippen LogP contribution in [0.2, 0.25) is 0 Å². The van der Waals surface area contributed by atoms with Gasteiger partial charge in [0, 0.05) is 56.9 Å². The molecule has 1 aliphatic heterocycles. The Morgan fingerprint density at radius 1 is 1.22 bits per heavy atom. The van der Waals surface area contributed by atoms with E-state index in [1.807, 2.05) is 18.3 Å². The van der Waals surface area contributed by atoms with E-state index in [0.29, 0.717) is 5.92 Å². The fourth-order valence-corrected chi connectivity index (χ4v) is 2.79. The highest BCUT2D eigenvalue weighted by molar-refractivity contribution is 5.31. The van der Waals surface area contributed by atoms with E-state index >= 15 is 0 Å². The SMILES string of the molecule is CC(C)c1ccnc(N2CCN(Cc3cc[nH]c(=O)c3)CC2)n1. The van der Waals surface area contributed by atoms with E-state index in [0.717, 1.165) is 49.9 Å². The number of pyridine rings is 1. The van der Waals surface area contributed by atoms with Gasteiger partial charge in [-0.2, -0.15) is 0 Å². The number of hydrogen-bond acceptors (Lipinski definition) is 5. The van der Waals surface area contributed by atoms with Crippen molar-refractivity contribution in [1.82, 2.24) is 19.9 Å². The Hall–Kier alpha value is -2.21. The van der Waals surface area contributed by atoms with Crippen LogP contribution in [0.15, 0.2) is 35.4 Å². The summed E-state index contributed by atoms with van der Waals surface area (Å²) in [6.45, 7) is 8.81. The molecule has 122 valence electrons. The summed E-state index contributed by atoms with van der Waals surface area (Å²) in [6.07, 6.45) is 3.56. The van der Waals surface area contributed by atoms with Gasteiger partial charge in [-0.3, -0.25) is 9.69 Å². The third kappa shape index (κ3) is 3.96. The Morgan fingerprint density at radius 3 is 2.70 bits per heavy atom. The molecule has 2 aromatic heterocycles. The maximum Gasteiger partial charge on any atom is 0.248 e. The van der Waals surface area contributed by atoms with Crippen molar-refractivity contribution in [1.29, 1.82) is 0 Å². The normalized spacial score (nSPS) is 16.0. The lowest BCUT2D eigenvalue weighted by Crippen LogP contribution is -2.46. The average Bonchev–Trinajstić information content (AvgIpc) is 2.56. The van der Waals surface area contributed by atoms with Crippen LogP contribution in [-0.2, 0) is 6.54 Å². The molecule has 3 rings (SSSR count). The number of nitrogens with one attached hydrogen (secondary N) is 1. The fraction of sp³-hybridized carbons (Fsp3) is 0.471. The molecule has 1 saturated heterocycles. The van der Waals surface area contributed by atoms with Gasteiger partial charge in [0.25, 0.3) is 0 Å². The molecular formula is C17H23N5O. The van der Waals surface area contributed by atoms with Crippen LogP contribution in [0.1, 0.15) is 31.0 Å². The summed E-state index contributed by atoms with van der Waals surface area (Å²) < 4.78 is 0. The van der Waals surface area contributed by atoms with Crippen LogP contribution in [-0.4, -0.2) is 46.0 Å². The van der Waals surface area contributed by atoms with E-state index in [9.17, 15) is 4.79 Å². The molecule has 3 heterocycles. The minimum atomic E-state index is -0.0416. The van der Waals surface area contributed by atoms with Crippen molar-refractivity contribution in [2.24, 2.45) is 0 Å². The Bertz CT molecular complexity index is 704. The van der Waals surface area contributed by atoms with E-state index in [2.05, 4.69) is 38.6 Å². The molecule has 0 saturated carbocycles. The van der Waals surface area contributed by atoms with Gasteiger partial charge in [0.05, 0.1) is 0 Å². The first-order valence-electron chi connectivity index (χ1n) is 8.09. The summed E-state index contributed by atoms with van der Waals surface area (Å²) >= 11 is 0. The molecule has 0 spiro atoms. The number of aromatic amines is 1. The van der Waals surface area contributed by atoms with Crippen molar-refractivity contribution in [3.8, 4) is 0 Å². The zero-order chi connectivity index (χ0) is 16.2. The quantitative estimate of drug-likeness (QED) is 0.929. The van der Waals surface area contributed by atoms with Gasteiger partial charge in [-0.05, 0) is 23.6 Å². The zero-order valence-corrected chi connectivity index (χ0v) is 13.7. The van der Waals surface area contributed by atoms with E-state index in [4.69, 9.17) is 0 Å². The molecule has 2 aromatic rings. The molecule has 1 fully saturated rings. The van der Waals surface area contributed by atoms with Crippen LogP contribution in [0.25, 0.3) is 0 Å². The second-order valence-electron chi connectivity index (χ2n) is 6.26. The van der Waals surface area contributed by atoms with E-state index < -0.39 is 0 Å². The summed E-state index contributed by atoms with van der Waals surface area (Å²) in [5, 5.41) is 0. The van der Waals surface area contributed by atoms with Crippen LogP contribution >= 0.6 is 0 Å². The topological polar surface area (TPSA) is 65.1 Å². The second kappa shape index (κ2) is 6.91. The molecule has 0 bridgehead atoms. The first kappa shape index (κ1) is 15.7. The van der Waals surface area contributed by atoms with Gasteiger partial charge in [-0.1, -0.05) is 13.8 Å². The van der Waals surface area contributed by atoms with E-state index in [1.54, 1.807) is 12.3 Å². The molecule has 0 amide bonds. The fourth-order valence-electron chi connectivity index (χ4n) is 2.79. The summed E-state index contributed by atoms with van der Waals surface area (Å²) in [6, 6.07) is 5.61. The second-order valence-corrected chi connectivity index (χ2v) is 6.26. The van der Waals surface area contributed by atoms with E-state index in [1.165, 1.54) is 0 Å². The number of nitrogens with zero attached hydrogens (tertiary/aromatic N) is 4. The maximum atomic E-state index is 11.4. The van der Waals surface area contributed by atoms with E-state index in [-0.39, 0.29) is 5.56 Å². The molecule has 6 heteroatoms. The summed E-state index contributed by atoms with van der Waals surface area (Å²) in [4.78, 5) is 27.7. The van der Waals surface area contributed by atoms with Gasteiger partial charge in [-0.15, -0.1) is 0 Å². The van der Waals surface area contributed by atoms with Crippen LogP contribution in [0, 0.1) is 0 Å². The van der Waals surface area contributed by atoms with Gasteiger partial charge >= 0.3 is 0 Å². The highest BCUT2D eigenvalue weighted by atomic mass is 16.1. The van der Waals surface area contributed by atoms with Gasteiger partial charge in [-0.25, -0.2) is 9.97 Å². The van der Waals surface area contributed by atoms with Gasteiger partial charge in [0.1, 0.15) is 0 Å². The molecule has 1 aliphatic rings. The molecule has 0 atom stereocenters. The molecule has 0 unspecified atom stereocenters. The lowest BCUT2D eigenvalue weighted by atomic mass is 10.1. The van der Waals surface area contributed by atoms with Crippen LogP contribution < -0.4 is 10.5 Å². The van der Waals surface area contributed by atoms with Crippen molar-refractivity contribution >= 4 is 5.95 Å². The minimum Gasteiger partial charge on any atom is -0.338 e. The molecule has 0 aliphatic carbocycles. The molecule has 0 aromatic carbocycles. The number of hydrogen-bond donors (Lipinski definition) is 1. The Morgan fingerprint density at radius 2 is 2.00 bits per heavy atom. The van der Waals surface area contributed by atoms with Crippen LogP contribution in [0.3, 0.4) is 0 Å². The van der Waals surface area contributed by atoms with Crippen molar-refractivity contribution < 1.29 is 0 Å². The standard InChI is InChI=1S/C17H23N5O/c1-13(2)15-4-6-19-17(20-15)22-9-7-21(8-10-22)12-14-3-5-18-16(23)11-14/h3-6,11,13H,7-10,12H2,1-2H3,(H,18,23). The molecule has 6 nitrogen and oxygen atoms in total. The van der Waals surface area contributed by atoms with Crippen molar-refractivity contribution in [2.75, 3.05) is 31.1 Å². The number of anilines is 1. The monoisotopic (exact) mass is 313 g/mol. The third-order valence-electron chi connectivity index (χ3n) is 4.16. The molecule has 0 radical (unpaired) electrons. The van der Waals surface area contributed by atoms with Crippen LogP contribution in [0.5, 0.6) is 0 Å². The smallest absolute Gasteiger partial charge is 0.248 e. The van der Waals surface area contributed by atoms with Gasteiger partial charge in [0.2, 0.25) is 11.5 Å². The highest BCUT2D eigenvalue weighted by Crippen LogP contribution is 2.16. The Balaban J connectivity index is 1.60. The average molecular weight is 313 g/mol. The van der Waals surface area contributed by atoms with Crippen molar-refractivity contribution in [3.05, 3.63) is 52.2 Å². The Labute approximate surface area is 136 Å². The van der Waals surface area contributed by atoms with Gasteiger partial charge in [0.15, 0.2) is 0 Å². The summed E-state index contributed by atoms with van der Waals surface area (Å²) in [5.74, 6) is 1.24. The number of H-pyrrole nitrogens is 1. The predicted octanol–water partition coefficient (Wildman–Crippen LogP) is 1.61. The maximum absolute atomic E-state index is 11.4. The lowest BCUT2D eigenvalue weighted by Gasteiger charge is -2.34. The predicted molar refractivity (Wildman–Crippen MR) is 90.7 cm³/mol.